The summed E-state index contributed by atoms with van der Waals surface area (Å²) in [7, 11) is 0. The molecule has 4 rings (SSSR count). The molecule has 0 amide bonds. The number of rotatable bonds is 5. The zero-order valence-corrected chi connectivity index (χ0v) is 14.7. The Labute approximate surface area is 150 Å². The van der Waals surface area contributed by atoms with Crippen LogP contribution in [0.3, 0.4) is 0 Å². The second kappa shape index (κ2) is 6.30. The molecule has 26 heavy (non-hydrogen) atoms. The molecular formula is C18H20N8. The Morgan fingerprint density at radius 3 is 2.92 bits per heavy atom. The topological polar surface area (TPSA) is 107 Å². The predicted molar refractivity (Wildman–Crippen MR) is 101 cm³/mol. The average Bonchev–Trinajstić information content (AvgIpc) is 3.01. The Balaban J connectivity index is 1.62. The number of fused-ring (bicyclic) bond motifs is 2. The fourth-order valence-electron chi connectivity index (χ4n) is 2.66. The fourth-order valence-corrected chi connectivity index (χ4v) is 2.66. The minimum Gasteiger partial charge on any atom is -0.367 e. The van der Waals surface area contributed by atoms with Crippen LogP contribution in [-0.2, 0) is 6.54 Å². The number of aromatic nitrogens is 6. The van der Waals surface area contributed by atoms with Crippen LogP contribution in [0.15, 0.2) is 42.7 Å². The maximum Gasteiger partial charge on any atom is 0.221 e. The van der Waals surface area contributed by atoms with Crippen LogP contribution in [0, 0.1) is 0 Å². The van der Waals surface area contributed by atoms with Gasteiger partial charge in [0.15, 0.2) is 5.65 Å². The molecule has 0 bridgehead atoms. The van der Waals surface area contributed by atoms with E-state index >= 15 is 0 Å². The van der Waals surface area contributed by atoms with Crippen LogP contribution in [0.25, 0.3) is 22.2 Å². The van der Waals surface area contributed by atoms with Crippen LogP contribution in [0.2, 0.25) is 0 Å². The summed E-state index contributed by atoms with van der Waals surface area (Å²) in [6.07, 6.45) is 3.44. The highest BCUT2D eigenvalue weighted by Gasteiger charge is 2.13. The van der Waals surface area contributed by atoms with Crippen molar-refractivity contribution in [3.8, 4) is 0 Å². The van der Waals surface area contributed by atoms with Gasteiger partial charge in [-0.2, -0.15) is 0 Å². The first-order valence-electron chi connectivity index (χ1n) is 8.41. The summed E-state index contributed by atoms with van der Waals surface area (Å²) in [5.74, 6) is 0.655. The molecule has 1 aromatic carbocycles. The molecule has 3 heterocycles. The summed E-state index contributed by atoms with van der Waals surface area (Å²) in [4.78, 5) is 13.3. The maximum absolute atomic E-state index is 6.01. The molecule has 8 nitrogen and oxygen atoms in total. The Hall–Kier alpha value is -3.13. The van der Waals surface area contributed by atoms with E-state index in [1.807, 2.05) is 38.1 Å². The van der Waals surface area contributed by atoms with E-state index in [4.69, 9.17) is 5.73 Å². The van der Waals surface area contributed by atoms with Crippen molar-refractivity contribution in [2.45, 2.75) is 25.9 Å². The van der Waals surface area contributed by atoms with Gasteiger partial charge in [-0.25, -0.2) is 14.6 Å². The lowest BCUT2D eigenvalue weighted by Gasteiger charge is -2.19. The molecule has 0 spiro atoms. The van der Waals surface area contributed by atoms with Crippen LogP contribution < -0.4 is 11.1 Å². The standard InChI is InChI=1S/C18H20N8/c1-18(2,19)11-22-15-9-21-16-17(23-15)26(25-24-16)10-12-5-6-14-13(8-12)4-3-7-20-14/h3-9H,10-11,19H2,1-2H3,(H,22,23). The summed E-state index contributed by atoms with van der Waals surface area (Å²) < 4.78 is 1.75. The van der Waals surface area contributed by atoms with Crippen molar-refractivity contribution in [3.05, 3.63) is 48.3 Å². The first-order valence-corrected chi connectivity index (χ1v) is 8.41. The van der Waals surface area contributed by atoms with Crippen molar-refractivity contribution in [1.82, 2.24) is 29.9 Å². The molecule has 0 saturated heterocycles. The number of nitrogens with two attached hydrogens (primary N) is 1. The van der Waals surface area contributed by atoms with E-state index in [0.29, 0.717) is 30.2 Å². The van der Waals surface area contributed by atoms with Crippen LogP contribution in [0.5, 0.6) is 0 Å². The number of nitrogens with zero attached hydrogens (tertiary/aromatic N) is 6. The van der Waals surface area contributed by atoms with Gasteiger partial charge in [0.05, 0.1) is 18.3 Å². The second-order valence-electron chi connectivity index (χ2n) is 7.02. The number of benzene rings is 1. The van der Waals surface area contributed by atoms with Crippen molar-refractivity contribution in [3.63, 3.8) is 0 Å². The first kappa shape index (κ1) is 16.3. The van der Waals surface area contributed by atoms with E-state index in [1.54, 1.807) is 17.1 Å². The Morgan fingerprint density at radius 1 is 1.19 bits per heavy atom. The summed E-state index contributed by atoms with van der Waals surface area (Å²) in [6, 6.07) is 10.1. The number of anilines is 1. The number of hydrogen-bond donors (Lipinski definition) is 2. The van der Waals surface area contributed by atoms with Crippen LogP contribution in [0.4, 0.5) is 5.82 Å². The van der Waals surface area contributed by atoms with Gasteiger partial charge in [-0.1, -0.05) is 17.3 Å². The minimum absolute atomic E-state index is 0.339. The lowest BCUT2D eigenvalue weighted by Crippen LogP contribution is -2.39. The highest BCUT2D eigenvalue weighted by Crippen LogP contribution is 2.16. The summed E-state index contributed by atoms with van der Waals surface area (Å²) >= 11 is 0. The van der Waals surface area contributed by atoms with Gasteiger partial charge in [-0.3, -0.25) is 4.98 Å². The largest absolute Gasteiger partial charge is 0.367 e. The number of pyridine rings is 1. The molecule has 4 aromatic rings. The lowest BCUT2D eigenvalue weighted by molar-refractivity contribution is 0.548. The number of nitrogens with one attached hydrogen (secondary N) is 1. The van der Waals surface area contributed by atoms with Crippen LogP contribution >= 0.6 is 0 Å². The van der Waals surface area contributed by atoms with Crippen molar-refractivity contribution < 1.29 is 0 Å². The van der Waals surface area contributed by atoms with Gasteiger partial charge < -0.3 is 11.1 Å². The third-order valence-corrected chi connectivity index (χ3v) is 3.95. The predicted octanol–water partition coefficient (Wildman–Crippen LogP) is 1.97. The van der Waals surface area contributed by atoms with Crippen molar-refractivity contribution >= 4 is 28.0 Å². The van der Waals surface area contributed by atoms with Crippen molar-refractivity contribution in [1.29, 1.82) is 0 Å². The Morgan fingerprint density at radius 2 is 2.08 bits per heavy atom. The third kappa shape index (κ3) is 3.45. The molecule has 0 aliphatic carbocycles. The van der Waals surface area contributed by atoms with Gasteiger partial charge >= 0.3 is 0 Å². The van der Waals surface area contributed by atoms with Gasteiger partial charge in [-0.05, 0) is 37.6 Å². The van der Waals surface area contributed by atoms with Gasteiger partial charge in [0, 0.05) is 23.7 Å². The first-order chi connectivity index (χ1) is 12.5. The van der Waals surface area contributed by atoms with Crippen molar-refractivity contribution in [2.75, 3.05) is 11.9 Å². The molecule has 0 saturated carbocycles. The van der Waals surface area contributed by atoms with E-state index in [-0.39, 0.29) is 5.54 Å². The molecule has 3 N–H and O–H groups in total. The van der Waals surface area contributed by atoms with Gasteiger partial charge in [0.2, 0.25) is 5.65 Å². The van der Waals surface area contributed by atoms with Crippen LogP contribution in [0.1, 0.15) is 19.4 Å². The van der Waals surface area contributed by atoms with E-state index in [2.05, 4.69) is 36.6 Å². The molecular weight excluding hydrogens is 328 g/mol. The van der Waals surface area contributed by atoms with E-state index in [1.165, 1.54) is 0 Å². The van der Waals surface area contributed by atoms with E-state index < -0.39 is 0 Å². The molecule has 0 unspecified atom stereocenters. The highest BCUT2D eigenvalue weighted by molar-refractivity contribution is 5.79. The average molecular weight is 348 g/mol. The lowest BCUT2D eigenvalue weighted by atomic mass is 10.1. The summed E-state index contributed by atoms with van der Waals surface area (Å²) in [6.45, 7) is 5.05. The Bertz CT molecular complexity index is 1060. The summed E-state index contributed by atoms with van der Waals surface area (Å²) in [5, 5.41) is 12.6. The zero-order chi connectivity index (χ0) is 18.1. The van der Waals surface area contributed by atoms with Gasteiger partial charge in [0.1, 0.15) is 5.82 Å². The molecule has 0 aliphatic heterocycles. The smallest absolute Gasteiger partial charge is 0.221 e. The quantitative estimate of drug-likeness (QED) is 0.567. The molecule has 0 radical (unpaired) electrons. The van der Waals surface area contributed by atoms with Gasteiger partial charge in [0.25, 0.3) is 0 Å². The van der Waals surface area contributed by atoms with Crippen molar-refractivity contribution in [2.24, 2.45) is 5.73 Å². The molecule has 8 heteroatoms. The van der Waals surface area contributed by atoms with Gasteiger partial charge in [-0.15, -0.1) is 5.10 Å². The fraction of sp³-hybridized carbons (Fsp3) is 0.278. The maximum atomic E-state index is 6.01. The monoisotopic (exact) mass is 348 g/mol. The highest BCUT2D eigenvalue weighted by atomic mass is 15.5. The Kier molecular flexibility index (Phi) is 3.96. The zero-order valence-electron chi connectivity index (χ0n) is 14.7. The third-order valence-electron chi connectivity index (χ3n) is 3.95. The van der Waals surface area contributed by atoms with E-state index in [0.717, 1.165) is 16.5 Å². The molecule has 0 aliphatic rings. The molecule has 3 aromatic heterocycles. The van der Waals surface area contributed by atoms with E-state index in [9.17, 15) is 0 Å². The normalized spacial score (nSPS) is 12.0. The molecule has 132 valence electrons. The summed E-state index contributed by atoms with van der Waals surface area (Å²) in [5.41, 5.74) is 8.89. The molecule has 0 atom stereocenters. The second-order valence-corrected chi connectivity index (χ2v) is 7.02. The minimum atomic E-state index is -0.339. The van der Waals surface area contributed by atoms with Crippen LogP contribution in [-0.4, -0.2) is 42.0 Å². The SMILES string of the molecule is CC(C)(N)CNc1cnc2nnn(Cc3ccc4ncccc4c3)c2n1. The molecule has 0 fully saturated rings. The number of hydrogen-bond acceptors (Lipinski definition) is 7.